The first-order valence-corrected chi connectivity index (χ1v) is 5.75. The summed E-state index contributed by atoms with van der Waals surface area (Å²) in [5.74, 6) is -0.821. The van der Waals surface area contributed by atoms with Crippen LogP contribution in [0.3, 0.4) is 0 Å². The van der Waals surface area contributed by atoms with E-state index in [4.69, 9.17) is 5.73 Å². The van der Waals surface area contributed by atoms with Gasteiger partial charge >= 0.3 is 12.5 Å². The summed E-state index contributed by atoms with van der Waals surface area (Å²) in [4.78, 5) is 3.36. The van der Waals surface area contributed by atoms with Gasteiger partial charge in [0.05, 0.1) is 5.56 Å². The van der Waals surface area contributed by atoms with Crippen LogP contribution in [-0.4, -0.2) is 11.3 Å². The lowest BCUT2D eigenvalue weighted by Gasteiger charge is -2.14. The van der Waals surface area contributed by atoms with Crippen molar-refractivity contribution in [1.29, 1.82) is 0 Å². The zero-order valence-corrected chi connectivity index (χ0v) is 10.7. The minimum atomic E-state index is -4.94. The van der Waals surface area contributed by atoms with Gasteiger partial charge in [0, 0.05) is 6.20 Å². The Hall–Kier alpha value is -2.45. The van der Waals surface area contributed by atoms with E-state index in [1.165, 1.54) is 6.07 Å². The number of halogens is 6. The third-order valence-corrected chi connectivity index (χ3v) is 2.61. The zero-order chi connectivity index (χ0) is 16.5. The highest BCUT2D eigenvalue weighted by atomic mass is 19.4. The van der Waals surface area contributed by atoms with E-state index in [2.05, 4.69) is 9.72 Å². The molecule has 3 nitrogen and oxygen atoms in total. The fourth-order valence-electron chi connectivity index (χ4n) is 1.80. The largest absolute Gasteiger partial charge is 0.573 e. The maximum absolute atomic E-state index is 12.9. The van der Waals surface area contributed by atoms with Crippen molar-refractivity contribution in [3.8, 4) is 16.9 Å². The van der Waals surface area contributed by atoms with Crippen LogP contribution >= 0.6 is 0 Å². The third kappa shape index (κ3) is 3.80. The average Bonchev–Trinajstić information content (AvgIpc) is 2.35. The standard InChI is InChI=1S/C13H8F6N2O/c14-12(15,16)10-6-21-11(20)5-9(10)7-2-1-3-8(4-7)22-13(17,18)19/h1-6H,(H2,20,21). The first kappa shape index (κ1) is 15.9. The van der Waals surface area contributed by atoms with E-state index in [0.29, 0.717) is 6.20 Å². The van der Waals surface area contributed by atoms with Gasteiger partial charge in [-0.3, -0.25) is 0 Å². The number of pyridine rings is 1. The molecule has 2 aromatic rings. The number of anilines is 1. The quantitative estimate of drug-likeness (QED) is 0.841. The van der Waals surface area contributed by atoms with Crippen LogP contribution in [0, 0.1) is 0 Å². The van der Waals surface area contributed by atoms with Crippen molar-refractivity contribution in [2.45, 2.75) is 12.5 Å². The van der Waals surface area contributed by atoms with Crippen molar-refractivity contribution in [1.82, 2.24) is 4.98 Å². The molecular formula is C13H8F6N2O. The van der Waals surface area contributed by atoms with E-state index in [-0.39, 0.29) is 16.9 Å². The summed E-state index contributed by atoms with van der Waals surface area (Å²) in [5.41, 5.74) is 3.75. The van der Waals surface area contributed by atoms with Crippen molar-refractivity contribution >= 4 is 5.82 Å². The van der Waals surface area contributed by atoms with E-state index in [1.807, 2.05) is 0 Å². The van der Waals surface area contributed by atoms with E-state index < -0.39 is 23.9 Å². The summed E-state index contributed by atoms with van der Waals surface area (Å²) >= 11 is 0. The highest BCUT2D eigenvalue weighted by Gasteiger charge is 2.35. The Morgan fingerprint density at radius 2 is 1.68 bits per heavy atom. The number of nitrogens with two attached hydrogens (primary N) is 1. The molecule has 22 heavy (non-hydrogen) atoms. The minimum absolute atomic E-state index is 0.122. The summed E-state index contributed by atoms with van der Waals surface area (Å²) in [5, 5.41) is 0. The number of ether oxygens (including phenoxy) is 1. The summed E-state index contributed by atoms with van der Waals surface area (Å²) in [6.07, 6.45) is -9.14. The van der Waals surface area contributed by atoms with Crippen LogP contribution < -0.4 is 10.5 Å². The number of hydrogen-bond acceptors (Lipinski definition) is 3. The Kier molecular flexibility index (Phi) is 3.90. The molecule has 0 amide bonds. The smallest absolute Gasteiger partial charge is 0.406 e. The number of aromatic nitrogens is 1. The fourth-order valence-corrected chi connectivity index (χ4v) is 1.80. The zero-order valence-electron chi connectivity index (χ0n) is 10.7. The van der Waals surface area contributed by atoms with Gasteiger partial charge in [-0.15, -0.1) is 13.2 Å². The Morgan fingerprint density at radius 1 is 1.00 bits per heavy atom. The molecule has 0 aliphatic rings. The number of benzene rings is 1. The number of nitrogen functional groups attached to an aromatic ring is 1. The molecule has 0 fully saturated rings. The highest BCUT2D eigenvalue weighted by molar-refractivity contribution is 5.71. The molecule has 0 saturated heterocycles. The molecule has 1 aromatic carbocycles. The molecule has 1 heterocycles. The van der Waals surface area contributed by atoms with Crippen molar-refractivity contribution in [2.24, 2.45) is 0 Å². The molecule has 0 bridgehead atoms. The molecule has 0 saturated carbocycles. The predicted octanol–water partition coefficient (Wildman–Crippen LogP) is 4.25. The lowest BCUT2D eigenvalue weighted by molar-refractivity contribution is -0.274. The summed E-state index contributed by atoms with van der Waals surface area (Å²) in [6, 6.07) is 5.13. The maximum atomic E-state index is 12.9. The van der Waals surface area contributed by atoms with Crippen LogP contribution in [0.25, 0.3) is 11.1 Å². The second-order valence-electron chi connectivity index (χ2n) is 4.23. The molecule has 2 rings (SSSR count). The van der Waals surface area contributed by atoms with Crippen LogP contribution in [0.2, 0.25) is 0 Å². The SMILES string of the molecule is Nc1cc(-c2cccc(OC(F)(F)F)c2)c(C(F)(F)F)cn1. The molecule has 2 N–H and O–H groups in total. The van der Waals surface area contributed by atoms with E-state index >= 15 is 0 Å². The van der Waals surface area contributed by atoms with E-state index in [9.17, 15) is 26.3 Å². The summed E-state index contributed by atoms with van der Waals surface area (Å²) < 4.78 is 79.1. The van der Waals surface area contributed by atoms with Crippen LogP contribution in [0.5, 0.6) is 5.75 Å². The Balaban J connectivity index is 2.52. The van der Waals surface area contributed by atoms with Gasteiger partial charge in [-0.1, -0.05) is 12.1 Å². The minimum Gasteiger partial charge on any atom is -0.406 e. The first-order chi connectivity index (χ1) is 10.1. The van der Waals surface area contributed by atoms with Gasteiger partial charge in [0.25, 0.3) is 0 Å². The van der Waals surface area contributed by atoms with Crippen LogP contribution in [-0.2, 0) is 6.18 Å². The number of hydrogen-bond donors (Lipinski definition) is 1. The van der Waals surface area contributed by atoms with Crippen LogP contribution in [0.1, 0.15) is 5.56 Å². The van der Waals surface area contributed by atoms with Gasteiger partial charge in [0.2, 0.25) is 0 Å². The summed E-state index contributed by atoms with van der Waals surface area (Å²) in [7, 11) is 0. The molecule has 0 aliphatic heterocycles. The van der Waals surface area contributed by atoms with Gasteiger partial charge in [0.1, 0.15) is 11.6 Å². The Bertz CT molecular complexity index is 681. The molecule has 0 aliphatic carbocycles. The fraction of sp³-hybridized carbons (Fsp3) is 0.154. The van der Waals surface area contributed by atoms with Crippen LogP contribution in [0.4, 0.5) is 32.2 Å². The third-order valence-electron chi connectivity index (χ3n) is 2.61. The summed E-state index contributed by atoms with van der Waals surface area (Å²) in [6.45, 7) is 0. The first-order valence-electron chi connectivity index (χ1n) is 5.75. The average molecular weight is 322 g/mol. The lowest BCUT2D eigenvalue weighted by atomic mass is 10.0. The Morgan fingerprint density at radius 3 is 2.27 bits per heavy atom. The van der Waals surface area contributed by atoms with Crippen molar-refractivity contribution < 1.29 is 31.1 Å². The number of nitrogens with zero attached hydrogens (tertiary/aromatic N) is 1. The topological polar surface area (TPSA) is 48.1 Å². The van der Waals surface area contributed by atoms with Gasteiger partial charge in [-0.2, -0.15) is 13.2 Å². The van der Waals surface area contributed by atoms with E-state index in [0.717, 1.165) is 24.3 Å². The number of alkyl halides is 6. The molecule has 9 heteroatoms. The number of rotatable bonds is 2. The van der Waals surface area contributed by atoms with Gasteiger partial charge < -0.3 is 10.5 Å². The monoisotopic (exact) mass is 322 g/mol. The molecule has 0 unspecified atom stereocenters. The molecule has 118 valence electrons. The van der Waals surface area contributed by atoms with E-state index in [1.54, 1.807) is 0 Å². The van der Waals surface area contributed by atoms with Crippen molar-refractivity contribution in [3.05, 3.63) is 42.1 Å². The molecule has 0 radical (unpaired) electrons. The molecule has 1 aromatic heterocycles. The highest BCUT2D eigenvalue weighted by Crippen LogP contribution is 2.38. The second-order valence-corrected chi connectivity index (χ2v) is 4.23. The normalized spacial score (nSPS) is 12.3. The van der Waals surface area contributed by atoms with Crippen LogP contribution in [0.15, 0.2) is 36.5 Å². The molecular weight excluding hydrogens is 314 g/mol. The lowest BCUT2D eigenvalue weighted by Crippen LogP contribution is -2.17. The van der Waals surface area contributed by atoms with Gasteiger partial charge in [-0.25, -0.2) is 4.98 Å². The van der Waals surface area contributed by atoms with Gasteiger partial charge in [-0.05, 0) is 29.3 Å². The second kappa shape index (κ2) is 5.39. The maximum Gasteiger partial charge on any atom is 0.573 e. The van der Waals surface area contributed by atoms with Crippen molar-refractivity contribution in [3.63, 3.8) is 0 Å². The van der Waals surface area contributed by atoms with Gasteiger partial charge in [0.15, 0.2) is 0 Å². The Labute approximate surface area is 120 Å². The predicted molar refractivity (Wildman–Crippen MR) is 65.8 cm³/mol. The molecule has 0 atom stereocenters. The van der Waals surface area contributed by atoms with Crippen molar-refractivity contribution in [2.75, 3.05) is 5.73 Å². The molecule has 0 spiro atoms.